The van der Waals surface area contributed by atoms with Crippen LogP contribution in [-0.4, -0.2) is 9.97 Å². The molecule has 0 amide bonds. The second kappa shape index (κ2) is 6.87. The number of nitrogens with two attached hydrogens (primary N) is 1. The number of hydrazine groups is 1. The largest absolute Gasteiger partial charge is 0.365 e. The zero-order valence-electron chi connectivity index (χ0n) is 13.1. The molecule has 4 N–H and O–H groups in total. The number of aromatic nitrogens is 2. The lowest BCUT2D eigenvalue weighted by Crippen LogP contribution is -2.14. The van der Waals surface area contributed by atoms with E-state index in [-0.39, 0.29) is 0 Å². The first-order valence-corrected chi connectivity index (χ1v) is 8.00. The predicted octanol–water partition coefficient (Wildman–Crippen LogP) is 3.31. The number of hydrogen-bond acceptors (Lipinski definition) is 6. The number of hydrogen-bond donors (Lipinski definition) is 3. The first-order valence-electron chi connectivity index (χ1n) is 7.19. The molecule has 0 bridgehead atoms. The normalized spacial score (nSPS) is 10.7. The first-order chi connectivity index (χ1) is 10.0. The molecule has 2 aromatic heterocycles. The van der Waals surface area contributed by atoms with Crippen molar-refractivity contribution in [1.29, 1.82) is 0 Å². The van der Waals surface area contributed by atoms with Crippen molar-refractivity contribution in [2.24, 2.45) is 5.84 Å². The van der Waals surface area contributed by atoms with Gasteiger partial charge in [-0.25, -0.2) is 15.8 Å². The van der Waals surface area contributed by atoms with E-state index in [1.54, 1.807) is 0 Å². The van der Waals surface area contributed by atoms with Crippen molar-refractivity contribution in [1.82, 2.24) is 9.97 Å². The molecule has 2 rings (SSSR count). The van der Waals surface area contributed by atoms with Gasteiger partial charge in [0.2, 0.25) is 0 Å². The summed E-state index contributed by atoms with van der Waals surface area (Å²) < 4.78 is 0. The molecule has 2 heterocycles. The van der Waals surface area contributed by atoms with Crippen LogP contribution in [0.5, 0.6) is 0 Å². The molecular weight excluding hydrogens is 282 g/mol. The molecule has 0 unspecified atom stereocenters. The van der Waals surface area contributed by atoms with E-state index in [0.717, 1.165) is 36.6 Å². The number of anilines is 2. The van der Waals surface area contributed by atoms with E-state index < -0.39 is 0 Å². The molecule has 2 aromatic rings. The number of rotatable bonds is 6. The highest BCUT2D eigenvalue weighted by molar-refractivity contribution is 7.12. The lowest BCUT2D eigenvalue weighted by molar-refractivity contribution is 0.830. The van der Waals surface area contributed by atoms with Gasteiger partial charge in [0.1, 0.15) is 17.5 Å². The quantitative estimate of drug-likeness (QED) is 0.564. The van der Waals surface area contributed by atoms with Crippen molar-refractivity contribution in [2.75, 3.05) is 10.7 Å². The van der Waals surface area contributed by atoms with Crippen LogP contribution in [0, 0.1) is 20.8 Å². The van der Waals surface area contributed by atoms with E-state index in [0.29, 0.717) is 5.82 Å². The smallest absolute Gasteiger partial charge is 0.148 e. The summed E-state index contributed by atoms with van der Waals surface area (Å²) in [5.41, 5.74) is 4.94. The maximum Gasteiger partial charge on any atom is 0.148 e. The van der Waals surface area contributed by atoms with Gasteiger partial charge in [-0.1, -0.05) is 6.92 Å². The molecule has 0 saturated carbocycles. The van der Waals surface area contributed by atoms with Gasteiger partial charge >= 0.3 is 0 Å². The van der Waals surface area contributed by atoms with Gasteiger partial charge in [-0.15, -0.1) is 11.3 Å². The van der Waals surface area contributed by atoms with Gasteiger partial charge in [-0.2, -0.15) is 0 Å². The Kier molecular flexibility index (Phi) is 5.14. The molecule has 0 aliphatic heterocycles. The summed E-state index contributed by atoms with van der Waals surface area (Å²) in [5, 5.41) is 3.41. The van der Waals surface area contributed by atoms with Crippen LogP contribution in [0.2, 0.25) is 0 Å². The van der Waals surface area contributed by atoms with Gasteiger partial charge in [0.15, 0.2) is 0 Å². The maximum absolute atomic E-state index is 5.55. The lowest BCUT2D eigenvalue weighted by atomic mass is 10.2. The van der Waals surface area contributed by atoms with E-state index >= 15 is 0 Å². The van der Waals surface area contributed by atoms with E-state index in [1.165, 1.54) is 15.3 Å². The molecule has 5 nitrogen and oxygen atoms in total. The summed E-state index contributed by atoms with van der Waals surface area (Å²) in [6.07, 6.45) is 1.86. The summed E-state index contributed by atoms with van der Waals surface area (Å²) in [4.78, 5) is 11.7. The van der Waals surface area contributed by atoms with Gasteiger partial charge < -0.3 is 10.7 Å². The van der Waals surface area contributed by atoms with Gasteiger partial charge in [-0.3, -0.25) is 0 Å². The summed E-state index contributed by atoms with van der Waals surface area (Å²) >= 11 is 1.82. The average molecular weight is 305 g/mol. The van der Waals surface area contributed by atoms with E-state index in [9.17, 15) is 0 Å². The van der Waals surface area contributed by atoms with Gasteiger partial charge in [0.05, 0.1) is 6.54 Å². The number of nitrogens with zero attached hydrogens (tertiary/aromatic N) is 2. The first kappa shape index (κ1) is 15.7. The van der Waals surface area contributed by atoms with Crippen LogP contribution in [-0.2, 0) is 13.0 Å². The molecule has 114 valence electrons. The highest BCUT2D eigenvalue weighted by Crippen LogP contribution is 2.24. The minimum absolute atomic E-state index is 0.689. The lowest BCUT2D eigenvalue weighted by Gasteiger charge is -2.13. The Balaban J connectivity index is 2.19. The van der Waals surface area contributed by atoms with Gasteiger partial charge in [-0.05, 0) is 38.8 Å². The highest BCUT2D eigenvalue weighted by Gasteiger charge is 2.10. The minimum atomic E-state index is 0.689. The van der Waals surface area contributed by atoms with Crippen LogP contribution < -0.4 is 16.6 Å². The topological polar surface area (TPSA) is 75.9 Å². The van der Waals surface area contributed by atoms with Crippen LogP contribution in [0.3, 0.4) is 0 Å². The Morgan fingerprint density at radius 2 is 1.90 bits per heavy atom. The number of nitrogen functional groups attached to an aromatic ring is 1. The Hall–Kier alpha value is -1.66. The van der Waals surface area contributed by atoms with Crippen LogP contribution in [0.1, 0.15) is 40.1 Å². The summed E-state index contributed by atoms with van der Waals surface area (Å²) in [5.74, 6) is 7.91. The molecular formula is C15H23N5S. The van der Waals surface area contributed by atoms with Crippen LogP contribution in [0.25, 0.3) is 0 Å². The second-order valence-electron chi connectivity index (χ2n) is 5.16. The molecule has 0 saturated heterocycles. The Morgan fingerprint density at radius 1 is 1.19 bits per heavy atom. The molecule has 0 aliphatic rings. The zero-order valence-corrected chi connectivity index (χ0v) is 13.9. The fraction of sp³-hybridized carbons (Fsp3) is 0.467. The fourth-order valence-electron chi connectivity index (χ4n) is 2.12. The summed E-state index contributed by atoms with van der Waals surface area (Å²) in [7, 11) is 0. The third kappa shape index (κ3) is 3.71. The molecule has 0 fully saturated rings. The Labute approximate surface area is 130 Å². The summed E-state index contributed by atoms with van der Waals surface area (Å²) in [6, 6.07) is 2.22. The third-order valence-electron chi connectivity index (χ3n) is 3.45. The van der Waals surface area contributed by atoms with Crippen LogP contribution in [0.4, 0.5) is 11.6 Å². The number of aryl methyl sites for hydroxylation is 3. The summed E-state index contributed by atoms with van der Waals surface area (Å²) in [6.45, 7) is 9.14. The average Bonchev–Trinajstić information content (AvgIpc) is 2.78. The van der Waals surface area contributed by atoms with Crippen molar-refractivity contribution >= 4 is 23.0 Å². The van der Waals surface area contributed by atoms with E-state index in [1.807, 2.05) is 18.3 Å². The molecule has 0 radical (unpaired) electrons. The maximum atomic E-state index is 5.55. The van der Waals surface area contributed by atoms with E-state index in [2.05, 4.69) is 47.5 Å². The Bertz CT molecular complexity index is 601. The molecule has 0 aliphatic carbocycles. The van der Waals surface area contributed by atoms with Crippen molar-refractivity contribution in [3.63, 3.8) is 0 Å². The van der Waals surface area contributed by atoms with E-state index in [4.69, 9.17) is 5.84 Å². The number of thiophene rings is 1. The third-order valence-corrected chi connectivity index (χ3v) is 4.60. The monoisotopic (exact) mass is 305 g/mol. The minimum Gasteiger partial charge on any atom is -0.365 e. The molecule has 6 heteroatoms. The van der Waals surface area contributed by atoms with Crippen molar-refractivity contribution in [3.8, 4) is 0 Å². The molecule has 0 atom stereocenters. The second-order valence-corrected chi connectivity index (χ2v) is 6.50. The zero-order chi connectivity index (χ0) is 15.4. The van der Waals surface area contributed by atoms with Crippen LogP contribution >= 0.6 is 11.3 Å². The van der Waals surface area contributed by atoms with Gasteiger partial charge in [0.25, 0.3) is 0 Å². The van der Waals surface area contributed by atoms with Crippen LogP contribution in [0.15, 0.2) is 6.07 Å². The van der Waals surface area contributed by atoms with Gasteiger partial charge in [0, 0.05) is 21.7 Å². The van der Waals surface area contributed by atoms with Crippen molar-refractivity contribution in [3.05, 3.63) is 32.8 Å². The highest BCUT2D eigenvalue weighted by atomic mass is 32.1. The standard InChI is InChI=1S/C15H23N5S/c1-5-6-13-18-14(10(3)15(19-13)20-16)17-8-12-7-9(2)11(4)21-12/h7H,5-6,8,16H2,1-4H3,(H2,17,18,19,20). The van der Waals surface area contributed by atoms with Crippen molar-refractivity contribution in [2.45, 2.75) is 47.1 Å². The predicted molar refractivity (Wildman–Crippen MR) is 89.7 cm³/mol. The fourth-order valence-corrected chi connectivity index (χ4v) is 3.11. The molecule has 0 aromatic carbocycles. The number of nitrogens with one attached hydrogen (secondary N) is 2. The molecule has 21 heavy (non-hydrogen) atoms. The Morgan fingerprint density at radius 3 is 2.48 bits per heavy atom. The SMILES string of the molecule is CCCc1nc(NN)c(C)c(NCc2cc(C)c(C)s2)n1. The molecule has 0 spiro atoms. The van der Waals surface area contributed by atoms with Crippen molar-refractivity contribution < 1.29 is 0 Å².